The van der Waals surface area contributed by atoms with Crippen molar-refractivity contribution in [2.75, 3.05) is 46.5 Å². The number of piperidine rings is 1. The lowest BCUT2D eigenvalue weighted by Crippen LogP contribution is -2.39. The number of morpholine rings is 1. The van der Waals surface area contributed by atoms with Gasteiger partial charge in [-0.1, -0.05) is 0 Å². The molecule has 8 nitrogen and oxygen atoms in total. The maximum atomic E-state index is 11.7. The number of aromatic nitrogens is 3. The number of methoxy groups -OCH3 is 1. The topological polar surface area (TPSA) is 72.7 Å². The molecule has 0 saturated carbocycles. The Morgan fingerprint density at radius 2 is 2.09 bits per heavy atom. The molecule has 23 heavy (non-hydrogen) atoms. The number of amides is 1. The van der Waals surface area contributed by atoms with Gasteiger partial charge in [-0.05, 0) is 12.8 Å². The lowest BCUT2D eigenvalue weighted by molar-refractivity contribution is 0.0326. The van der Waals surface area contributed by atoms with Crippen LogP contribution in [-0.2, 0) is 23.1 Å². The molecular formula is C15H25N5O3. The lowest BCUT2D eigenvalue weighted by Gasteiger charge is -2.31. The van der Waals surface area contributed by atoms with Crippen molar-refractivity contribution in [3.8, 4) is 0 Å². The van der Waals surface area contributed by atoms with Crippen LogP contribution in [-0.4, -0.2) is 77.2 Å². The van der Waals surface area contributed by atoms with E-state index in [0.717, 1.165) is 63.9 Å². The summed E-state index contributed by atoms with van der Waals surface area (Å²) in [5.74, 6) is 2.15. The molecule has 0 aromatic carbocycles. The van der Waals surface area contributed by atoms with Crippen LogP contribution in [0, 0.1) is 0 Å². The molecule has 0 N–H and O–H groups in total. The molecule has 8 heteroatoms. The number of rotatable bonds is 3. The summed E-state index contributed by atoms with van der Waals surface area (Å²) in [6, 6.07) is 0. The average Bonchev–Trinajstić information content (AvgIpc) is 2.96. The minimum atomic E-state index is -0.259. The van der Waals surface area contributed by atoms with Crippen LogP contribution < -0.4 is 0 Å². The molecule has 0 radical (unpaired) electrons. The van der Waals surface area contributed by atoms with Crippen LogP contribution in [0.25, 0.3) is 0 Å². The minimum absolute atomic E-state index is 0.221. The first-order valence-corrected chi connectivity index (χ1v) is 8.20. The third-order valence-corrected chi connectivity index (χ3v) is 4.69. The van der Waals surface area contributed by atoms with E-state index in [-0.39, 0.29) is 12.0 Å². The summed E-state index contributed by atoms with van der Waals surface area (Å²) in [5, 5.41) is 8.77. The van der Waals surface area contributed by atoms with Gasteiger partial charge >= 0.3 is 6.09 Å². The summed E-state index contributed by atoms with van der Waals surface area (Å²) >= 11 is 0. The summed E-state index contributed by atoms with van der Waals surface area (Å²) in [4.78, 5) is 15.8. The lowest BCUT2D eigenvalue weighted by atomic mass is 9.97. The average molecular weight is 323 g/mol. The molecular weight excluding hydrogens is 298 g/mol. The smallest absolute Gasteiger partial charge is 0.409 e. The van der Waals surface area contributed by atoms with Gasteiger partial charge in [-0.2, -0.15) is 0 Å². The van der Waals surface area contributed by atoms with Gasteiger partial charge in [0.15, 0.2) is 0 Å². The van der Waals surface area contributed by atoms with E-state index in [2.05, 4.69) is 19.7 Å². The molecule has 1 atom stereocenters. The van der Waals surface area contributed by atoms with Crippen LogP contribution in [0.5, 0.6) is 0 Å². The second kappa shape index (κ2) is 7.27. The molecule has 0 bridgehead atoms. The summed E-state index contributed by atoms with van der Waals surface area (Å²) in [7, 11) is 3.44. The molecule has 2 saturated heterocycles. The molecule has 0 spiro atoms. The van der Waals surface area contributed by atoms with Crippen molar-refractivity contribution < 1.29 is 14.3 Å². The van der Waals surface area contributed by atoms with E-state index in [0.29, 0.717) is 6.54 Å². The highest BCUT2D eigenvalue weighted by molar-refractivity contribution is 5.67. The first-order valence-electron chi connectivity index (χ1n) is 8.20. The molecule has 1 aromatic heterocycles. The number of carbonyl (C=O) groups excluding carboxylic acids is 1. The van der Waals surface area contributed by atoms with Gasteiger partial charge in [0.05, 0.1) is 26.9 Å². The monoisotopic (exact) mass is 323 g/mol. The zero-order chi connectivity index (χ0) is 16.2. The fourth-order valence-corrected chi connectivity index (χ4v) is 3.31. The third kappa shape index (κ3) is 3.64. The second-order valence-corrected chi connectivity index (χ2v) is 6.18. The van der Waals surface area contributed by atoms with Crippen molar-refractivity contribution in [3.05, 3.63) is 11.6 Å². The number of likely N-dealkylation sites (tertiary alicyclic amines) is 1. The Bertz CT molecular complexity index is 541. The summed E-state index contributed by atoms with van der Waals surface area (Å²) in [6.45, 7) is 5.62. The maximum Gasteiger partial charge on any atom is 0.409 e. The first-order chi connectivity index (χ1) is 11.2. The van der Waals surface area contributed by atoms with E-state index in [9.17, 15) is 4.79 Å². The van der Waals surface area contributed by atoms with Gasteiger partial charge < -0.3 is 18.9 Å². The van der Waals surface area contributed by atoms with Gasteiger partial charge in [-0.3, -0.25) is 4.90 Å². The van der Waals surface area contributed by atoms with Crippen LogP contribution in [0.1, 0.15) is 30.4 Å². The van der Waals surface area contributed by atoms with E-state index in [1.54, 1.807) is 4.90 Å². The quantitative estimate of drug-likeness (QED) is 0.811. The third-order valence-electron chi connectivity index (χ3n) is 4.69. The van der Waals surface area contributed by atoms with Crippen LogP contribution in [0.3, 0.4) is 0 Å². The maximum absolute atomic E-state index is 11.7. The van der Waals surface area contributed by atoms with Crippen LogP contribution >= 0.6 is 0 Å². The minimum Gasteiger partial charge on any atom is -0.453 e. The fourth-order valence-electron chi connectivity index (χ4n) is 3.31. The second-order valence-electron chi connectivity index (χ2n) is 6.18. The van der Waals surface area contributed by atoms with Gasteiger partial charge in [-0.15, -0.1) is 10.2 Å². The largest absolute Gasteiger partial charge is 0.453 e. The van der Waals surface area contributed by atoms with Crippen LogP contribution in [0.15, 0.2) is 0 Å². The summed E-state index contributed by atoms with van der Waals surface area (Å²) < 4.78 is 12.3. The Morgan fingerprint density at radius 3 is 2.83 bits per heavy atom. The van der Waals surface area contributed by atoms with E-state index < -0.39 is 0 Å². The zero-order valence-electron chi connectivity index (χ0n) is 13.9. The van der Waals surface area contributed by atoms with Gasteiger partial charge in [0, 0.05) is 39.1 Å². The first kappa shape index (κ1) is 16.2. The Balaban J connectivity index is 1.67. The number of carbonyl (C=O) groups is 1. The van der Waals surface area contributed by atoms with Crippen molar-refractivity contribution in [1.29, 1.82) is 0 Å². The van der Waals surface area contributed by atoms with Gasteiger partial charge in [-0.25, -0.2) is 4.79 Å². The number of hydrogen-bond acceptors (Lipinski definition) is 6. The van der Waals surface area contributed by atoms with Crippen molar-refractivity contribution in [3.63, 3.8) is 0 Å². The molecule has 2 fully saturated rings. The molecule has 2 aliphatic rings. The molecule has 128 valence electrons. The fraction of sp³-hybridized carbons (Fsp3) is 0.800. The highest BCUT2D eigenvalue weighted by Gasteiger charge is 2.29. The molecule has 1 unspecified atom stereocenters. The Labute approximate surface area is 136 Å². The van der Waals surface area contributed by atoms with Crippen LogP contribution in [0.2, 0.25) is 0 Å². The van der Waals surface area contributed by atoms with Crippen LogP contribution in [0.4, 0.5) is 4.79 Å². The molecule has 1 amide bonds. The van der Waals surface area contributed by atoms with E-state index in [4.69, 9.17) is 9.47 Å². The molecule has 1 aromatic rings. The molecule has 0 aliphatic carbocycles. The Kier molecular flexibility index (Phi) is 5.12. The molecule has 2 aliphatic heterocycles. The highest BCUT2D eigenvalue weighted by Crippen LogP contribution is 2.26. The predicted octanol–water partition coefficient (Wildman–Crippen LogP) is 0.593. The van der Waals surface area contributed by atoms with Gasteiger partial charge in [0.1, 0.15) is 11.6 Å². The number of hydrogen-bond donors (Lipinski definition) is 0. The number of ether oxygens (including phenoxy) is 2. The Morgan fingerprint density at radius 1 is 1.30 bits per heavy atom. The van der Waals surface area contributed by atoms with E-state index in [1.807, 2.05) is 7.05 Å². The highest BCUT2D eigenvalue weighted by atomic mass is 16.5. The molecule has 3 rings (SSSR count). The summed E-state index contributed by atoms with van der Waals surface area (Å²) in [5.41, 5.74) is 0. The van der Waals surface area contributed by atoms with Crippen molar-refractivity contribution in [2.45, 2.75) is 25.3 Å². The summed E-state index contributed by atoms with van der Waals surface area (Å²) in [6.07, 6.45) is 1.73. The standard InChI is InChI=1S/C15H25N5O3/c1-18-13(11-19-6-8-23-9-7-19)16-17-14(18)12-4-3-5-20(10-12)15(21)22-2/h12H,3-11H2,1-2H3. The van der Waals surface area contributed by atoms with Crippen molar-refractivity contribution in [2.24, 2.45) is 7.05 Å². The zero-order valence-corrected chi connectivity index (χ0v) is 13.9. The predicted molar refractivity (Wildman–Crippen MR) is 83.1 cm³/mol. The SMILES string of the molecule is COC(=O)N1CCCC(c2nnc(CN3CCOCC3)n2C)C1. The molecule has 3 heterocycles. The Hall–Kier alpha value is -1.67. The van der Waals surface area contributed by atoms with E-state index >= 15 is 0 Å². The van der Waals surface area contributed by atoms with Gasteiger partial charge in [0.25, 0.3) is 0 Å². The number of nitrogens with zero attached hydrogens (tertiary/aromatic N) is 5. The van der Waals surface area contributed by atoms with Crippen molar-refractivity contribution >= 4 is 6.09 Å². The van der Waals surface area contributed by atoms with Gasteiger partial charge in [0.2, 0.25) is 0 Å². The normalized spacial score (nSPS) is 23.0. The van der Waals surface area contributed by atoms with E-state index in [1.165, 1.54) is 7.11 Å². The van der Waals surface area contributed by atoms with Crippen molar-refractivity contribution in [1.82, 2.24) is 24.6 Å².